The summed E-state index contributed by atoms with van der Waals surface area (Å²) in [6, 6.07) is -1.09. The first-order valence-corrected chi connectivity index (χ1v) is 6.27. The van der Waals surface area contributed by atoms with Gasteiger partial charge in [0.25, 0.3) is 0 Å². The molecule has 0 aliphatic rings. The molecule has 7 heteroatoms. The Morgan fingerprint density at radius 3 is 2.21 bits per heavy atom. The molecule has 3 N–H and O–H groups in total. The number of carboxylic acids is 1. The van der Waals surface area contributed by atoms with E-state index >= 15 is 0 Å². The van der Waals surface area contributed by atoms with Crippen molar-refractivity contribution in [2.45, 2.75) is 46.1 Å². The molecule has 0 bridgehead atoms. The van der Waals surface area contributed by atoms with Crippen molar-refractivity contribution in [3.63, 3.8) is 0 Å². The van der Waals surface area contributed by atoms with Crippen LogP contribution in [0.5, 0.6) is 0 Å². The summed E-state index contributed by atoms with van der Waals surface area (Å²) in [4.78, 5) is 33.9. The quantitative estimate of drug-likeness (QED) is 0.395. The highest BCUT2D eigenvalue weighted by Crippen LogP contribution is 2.13. The van der Waals surface area contributed by atoms with E-state index < -0.39 is 29.7 Å². The minimum Gasteiger partial charge on any atom is -0.548 e. The van der Waals surface area contributed by atoms with Gasteiger partial charge in [-0.2, -0.15) is 0 Å². The summed E-state index contributed by atoms with van der Waals surface area (Å²) in [7, 11) is 0. The second-order valence-corrected chi connectivity index (χ2v) is 4.77. The summed E-state index contributed by atoms with van der Waals surface area (Å²) >= 11 is 0. The molecule has 0 heterocycles. The molecule has 0 aromatic rings. The molecule has 19 heavy (non-hydrogen) atoms. The van der Waals surface area contributed by atoms with E-state index in [0.29, 0.717) is 12.8 Å². The summed E-state index contributed by atoms with van der Waals surface area (Å²) in [6.45, 7) is 5.14. The highest BCUT2D eigenvalue weighted by molar-refractivity contribution is 5.88. The van der Waals surface area contributed by atoms with Crippen LogP contribution in [-0.4, -0.2) is 29.0 Å². The number of amides is 2. The molecular formula is C12H21N2O5-. The molecule has 0 radical (unpaired) electrons. The lowest BCUT2D eigenvalue weighted by molar-refractivity contribution is -0.309. The van der Waals surface area contributed by atoms with Gasteiger partial charge in [0.05, 0.1) is 12.0 Å². The van der Waals surface area contributed by atoms with Crippen molar-refractivity contribution in [2.75, 3.05) is 0 Å². The first-order chi connectivity index (χ1) is 8.83. The fraction of sp³-hybridized carbons (Fsp3) is 0.750. The van der Waals surface area contributed by atoms with Crippen molar-refractivity contribution in [1.29, 1.82) is 0 Å². The van der Waals surface area contributed by atoms with Crippen molar-refractivity contribution < 1.29 is 24.7 Å². The Kier molecular flexibility index (Phi) is 7.74. The van der Waals surface area contributed by atoms with Crippen LogP contribution in [0.1, 0.15) is 40.0 Å². The van der Waals surface area contributed by atoms with Crippen LogP contribution in [0.25, 0.3) is 0 Å². The minimum absolute atomic E-state index is 0.186. The fourth-order valence-electron chi connectivity index (χ4n) is 1.71. The van der Waals surface area contributed by atoms with Gasteiger partial charge in [-0.3, -0.25) is 14.8 Å². The van der Waals surface area contributed by atoms with Crippen molar-refractivity contribution in [1.82, 2.24) is 10.8 Å². The lowest BCUT2D eigenvalue weighted by Crippen LogP contribution is -2.52. The lowest BCUT2D eigenvalue weighted by Gasteiger charge is -2.25. The zero-order valence-electron chi connectivity index (χ0n) is 11.4. The number of carbonyl (C=O) groups is 3. The van der Waals surface area contributed by atoms with Crippen molar-refractivity contribution in [2.24, 2.45) is 11.8 Å². The molecule has 0 saturated heterocycles. The standard InChI is InChI=1S/C12H22N2O5/c1-4-5-8(6-9(15)14-19)11(16)13-10(7(2)3)12(17)18/h7-8,10,19H,4-6H2,1-3H3,(H,13,16)(H,14,15)(H,17,18)/p-1. The van der Waals surface area contributed by atoms with Crippen LogP contribution >= 0.6 is 0 Å². The maximum absolute atomic E-state index is 11.9. The van der Waals surface area contributed by atoms with Crippen LogP contribution in [0.15, 0.2) is 0 Å². The first kappa shape index (κ1) is 17.4. The Balaban J connectivity index is 4.70. The van der Waals surface area contributed by atoms with Crippen LogP contribution in [0.3, 0.4) is 0 Å². The Bertz CT molecular complexity index is 330. The van der Waals surface area contributed by atoms with Crippen LogP contribution in [0.2, 0.25) is 0 Å². The molecule has 7 nitrogen and oxygen atoms in total. The Morgan fingerprint density at radius 2 is 1.84 bits per heavy atom. The van der Waals surface area contributed by atoms with Crippen molar-refractivity contribution in [3.05, 3.63) is 0 Å². The van der Waals surface area contributed by atoms with Crippen molar-refractivity contribution >= 4 is 17.8 Å². The number of carboxylic acid groups (broad SMARTS) is 1. The number of hydroxylamine groups is 1. The largest absolute Gasteiger partial charge is 0.548 e. The summed E-state index contributed by atoms with van der Waals surface area (Å²) in [5, 5.41) is 21.7. The summed E-state index contributed by atoms with van der Waals surface area (Å²) in [6.07, 6.45) is 0.902. The molecule has 0 spiro atoms. The molecule has 0 aromatic carbocycles. The number of hydrogen-bond donors (Lipinski definition) is 3. The Hall–Kier alpha value is -1.63. The van der Waals surface area contributed by atoms with Gasteiger partial charge in [0.15, 0.2) is 0 Å². The highest BCUT2D eigenvalue weighted by Gasteiger charge is 2.25. The smallest absolute Gasteiger partial charge is 0.244 e. The Labute approximate surface area is 112 Å². The number of hydrogen-bond acceptors (Lipinski definition) is 5. The number of nitrogens with one attached hydrogen (secondary N) is 2. The minimum atomic E-state index is -1.36. The monoisotopic (exact) mass is 273 g/mol. The van der Waals surface area contributed by atoms with Crippen LogP contribution in [0.4, 0.5) is 0 Å². The average molecular weight is 273 g/mol. The molecule has 0 rings (SSSR count). The van der Waals surface area contributed by atoms with E-state index in [1.54, 1.807) is 13.8 Å². The van der Waals surface area contributed by atoms with E-state index in [2.05, 4.69) is 5.32 Å². The highest BCUT2D eigenvalue weighted by atomic mass is 16.5. The summed E-state index contributed by atoms with van der Waals surface area (Å²) in [5.74, 6) is -3.54. The predicted molar refractivity (Wildman–Crippen MR) is 64.7 cm³/mol. The molecule has 0 aliphatic heterocycles. The van der Waals surface area contributed by atoms with Crippen LogP contribution < -0.4 is 15.9 Å². The van der Waals surface area contributed by atoms with Gasteiger partial charge >= 0.3 is 0 Å². The van der Waals surface area contributed by atoms with E-state index in [0.717, 1.165) is 0 Å². The normalized spacial score (nSPS) is 13.7. The SMILES string of the molecule is CCCC(CC(=O)NO)C(=O)NC(C(=O)[O-])C(C)C. The van der Waals surface area contributed by atoms with Gasteiger partial charge in [-0.15, -0.1) is 0 Å². The first-order valence-electron chi connectivity index (χ1n) is 6.27. The van der Waals surface area contributed by atoms with E-state index in [9.17, 15) is 19.5 Å². The molecular weight excluding hydrogens is 252 g/mol. The molecule has 0 fully saturated rings. The summed E-state index contributed by atoms with van der Waals surface area (Å²) in [5.41, 5.74) is 1.46. The van der Waals surface area contributed by atoms with Gasteiger partial charge in [0.1, 0.15) is 0 Å². The van der Waals surface area contributed by atoms with Gasteiger partial charge in [-0.25, -0.2) is 5.48 Å². The molecule has 110 valence electrons. The number of aliphatic carboxylic acids is 1. The topological polar surface area (TPSA) is 119 Å². The maximum atomic E-state index is 11.9. The lowest BCUT2D eigenvalue weighted by atomic mass is 9.96. The number of rotatable bonds is 8. The average Bonchev–Trinajstić information content (AvgIpc) is 2.33. The molecule has 0 aliphatic carbocycles. The van der Waals surface area contributed by atoms with Crippen molar-refractivity contribution in [3.8, 4) is 0 Å². The van der Waals surface area contributed by atoms with Gasteiger partial charge in [0.2, 0.25) is 11.8 Å². The maximum Gasteiger partial charge on any atom is 0.244 e. The zero-order valence-corrected chi connectivity index (χ0v) is 11.4. The second kappa shape index (κ2) is 8.47. The third-order valence-electron chi connectivity index (χ3n) is 2.78. The molecule has 2 amide bonds. The predicted octanol–water partition coefficient (Wildman–Crippen LogP) is -0.811. The van der Waals surface area contributed by atoms with Gasteiger partial charge in [0, 0.05) is 12.3 Å². The second-order valence-electron chi connectivity index (χ2n) is 4.77. The van der Waals surface area contributed by atoms with Crippen LogP contribution in [-0.2, 0) is 14.4 Å². The molecule has 0 aromatic heterocycles. The number of carbonyl (C=O) groups excluding carboxylic acids is 3. The Morgan fingerprint density at radius 1 is 1.26 bits per heavy atom. The van der Waals surface area contributed by atoms with E-state index in [1.807, 2.05) is 6.92 Å². The van der Waals surface area contributed by atoms with Crippen LogP contribution in [0, 0.1) is 11.8 Å². The van der Waals surface area contributed by atoms with Gasteiger partial charge < -0.3 is 15.2 Å². The van der Waals surface area contributed by atoms with E-state index in [4.69, 9.17) is 5.21 Å². The molecule has 0 saturated carbocycles. The summed E-state index contributed by atoms with van der Waals surface area (Å²) < 4.78 is 0. The zero-order chi connectivity index (χ0) is 15.0. The van der Waals surface area contributed by atoms with Gasteiger partial charge in [-0.1, -0.05) is 27.2 Å². The third-order valence-corrected chi connectivity index (χ3v) is 2.78. The third kappa shape index (κ3) is 6.19. The molecule has 2 atom stereocenters. The molecule has 2 unspecified atom stereocenters. The van der Waals surface area contributed by atoms with Gasteiger partial charge in [-0.05, 0) is 12.3 Å². The van der Waals surface area contributed by atoms with E-state index in [-0.39, 0.29) is 12.3 Å². The van der Waals surface area contributed by atoms with E-state index in [1.165, 1.54) is 5.48 Å². The fourth-order valence-corrected chi connectivity index (χ4v) is 1.71.